The molecule has 3 aliphatic heterocycles. The first-order chi connectivity index (χ1) is 16.9. The number of Topliss-reactive ketones (excluding diaryl/α,β-unsaturated/α-hetero) is 1. The molecule has 35 heavy (non-hydrogen) atoms. The van der Waals surface area contributed by atoms with Crippen LogP contribution in [-0.2, 0) is 13.1 Å². The van der Waals surface area contributed by atoms with Crippen molar-refractivity contribution in [3.8, 4) is 11.5 Å². The number of hydrogen-bond acceptors (Lipinski definition) is 5. The van der Waals surface area contributed by atoms with Crippen LogP contribution in [0.25, 0.3) is 6.08 Å². The Bertz CT molecular complexity index is 1450. The largest absolute Gasteiger partial charge is 0.507 e. The number of carbonyl (C=O) groups excluding carboxylic acids is 1. The van der Waals surface area contributed by atoms with Crippen molar-refractivity contribution < 1.29 is 14.6 Å². The number of aryl methyl sites for hydroxylation is 2. The molecule has 0 radical (unpaired) electrons. The van der Waals surface area contributed by atoms with Gasteiger partial charge in [0.25, 0.3) is 5.56 Å². The Morgan fingerprint density at radius 1 is 1.03 bits per heavy atom. The van der Waals surface area contributed by atoms with Crippen LogP contribution in [0.2, 0.25) is 0 Å². The second-order valence-electron chi connectivity index (χ2n) is 10.1. The lowest BCUT2D eigenvalue weighted by Gasteiger charge is -2.43. The summed E-state index contributed by atoms with van der Waals surface area (Å²) in [7, 11) is 0. The van der Waals surface area contributed by atoms with Crippen molar-refractivity contribution in [2.45, 2.75) is 39.3 Å². The van der Waals surface area contributed by atoms with E-state index in [-0.39, 0.29) is 28.8 Å². The van der Waals surface area contributed by atoms with Gasteiger partial charge in [-0.25, -0.2) is 0 Å². The van der Waals surface area contributed by atoms with Gasteiger partial charge in [0, 0.05) is 43.9 Å². The summed E-state index contributed by atoms with van der Waals surface area (Å²) >= 11 is 0. The first-order valence-corrected chi connectivity index (χ1v) is 12.2. The van der Waals surface area contributed by atoms with E-state index in [1.54, 1.807) is 18.2 Å². The van der Waals surface area contributed by atoms with Gasteiger partial charge in [0.1, 0.15) is 11.5 Å². The predicted molar refractivity (Wildman–Crippen MR) is 134 cm³/mol. The van der Waals surface area contributed by atoms with Crippen LogP contribution in [0, 0.1) is 19.8 Å². The van der Waals surface area contributed by atoms with Gasteiger partial charge in [-0.15, -0.1) is 0 Å². The molecule has 1 N–H and O–H groups in total. The van der Waals surface area contributed by atoms with E-state index in [0.717, 1.165) is 42.9 Å². The maximum atomic E-state index is 13.3. The number of ketones is 1. The molecule has 1 fully saturated rings. The Hall–Kier alpha value is -3.64. The number of phenolic OH excluding ortho intramolecular Hbond substituents is 1. The highest BCUT2D eigenvalue weighted by atomic mass is 16.5. The molecule has 4 heterocycles. The zero-order valence-electron chi connectivity index (χ0n) is 20.0. The third-order valence-corrected chi connectivity index (χ3v) is 7.63. The quantitative estimate of drug-likeness (QED) is 0.577. The summed E-state index contributed by atoms with van der Waals surface area (Å²) in [4.78, 5) is 28.0. The normalized spacial score (nSPS) is 22.1. The average molecular weight is 469 g/mol. The van der Waals surface area contributed by atoms with E-state index in [4.69, 9.17) is 4.74 Å². The molecular formula is C29H28N2O4. The molecule has 1 aromatic heterocycles. The SMILES string of the molecule is Cc1ccccc1/C=C1\Oc2c(CN3C[C@H]4C[C@@H](C3)c3cccc(=O)n3C4)c(O)cc(C)c2C1=O. The number of allylic oxidation sites excluding steroid dienone is 1. The summed E-state index contributed by atoms with van der Waals surface area (Å²) in [6.45, 7) is 6.67. The van der Waals surface area contributed by atoms with E-state index in [9.17, 15) is 14.7 Å². The fraction of sp³-hybridized carbons (Fsp3) is 0.310. The molecule has 0 unspecified atom stereocenters. The number of phenols is 1. The monoisotopic (exact) mass is 468 g/mol. The lowest BCUT2D eigenvalue weighted by molar-refractivity contribution is 0.101. The van der Waals surface area contributed by atoms with E-state index in [0.29, 0.717) is 34.9 Å². The molecular weight excluding hydrogens is 440 g/mol. The lowest BCUT2D eigenvalue weighted by Crippen LogP contribution is -2.46. The van der Waals surface area contributed by atoms with Crippen molar-refractivity contribution in [1.29, 1.82) is 0 Å². The molecule has 0 amide bonds. The van der Waals surface area contributed by atoms with Crippen molar-refractivity contribution in [2.24, 2.45) is 5.92 Å². The Kier molecular flexibility index (Phi) is 5.15. The van der Waals surface area contributed by atoms with Crippen molar-refractivity contribution in [2.75, 3.05) is 13.1 Å². The van der Waals surface area contributed by atoms with Gasteiger partial charge in [0.2, 0.25) is 5.78 Å². The number of ether oxygens (including phenoxy) is 1. The van der Waals surface area contributed by atoms with Gasteiger partial charge in [0.05, 0.1) is 11.1 Å². The number of nitrogens with zero attached hydrogens (tertiary/aromatic N) is 2. The van der Waals surface area contributed by atoms with Crippen molar-refractivity contribution >= 4 is 11.9 Å². The molecule has 3 aromatic rings. The Morgan fingerprint density at radius 2 is 1.86 bits per heavy atom. The van der Waals surface area contributed by atoms with Crippen LogP contribution in [0.4, 0.5) is 0 Å². The van der Waals surface area contributed by atoms with E-state index in [2.05, 4.69) is 11.0 Å². The van der Waals surface area contributed by atoms with E-state index in [1.807, 2.05) is 48.7 Å². The van der Waals surface area contributed by atoms with Gasteiger partial charge in [-0.05, 0) is 61.1 Å². The fourth-order valence-electron chi connectivity index (χ4n) is 5.97. The topological polar surface area (TPSA) is 71.8 Å². The van der Waals surface area contributed by atoms with Crippen LogP contribution in [-0.4, -0.2) is 33.4 Å². The minimum absolute atomic E-state index is 0.0690. The molecule has 6 rings (SSSR count). The van der Waals surface area contributed by atoms with Crippen LogP contribution in [0.15, 0.2) is 59.1 Å². The third-order valence-electron chi connectivity index (χ3n) is 7.63. The molecule has 2 bridgehead atoms. The molecule has 6 nitrogen and oxygen atoms in total. The first kappa shape index (κ1) is 21.9. The molecule has 178 valence electrons. The summed E-state index contributed by atoms with van der Waals surface area (Å²) in [6, 6.07) is 15.1. The molecule has 3 aliphatic rings. The smallest absolute Gasteiger partial charge is 0.250 e. The fourth-order valence-corrected chi connectivity index (χ4v) is 5.97. The second-order valence-corrected chi connectivity index (χ2v) is 10.1. The Labute approximate surface area is 204 Å². The number of hydrogen-bond donors (Lipinski definition) is 1. The lowest BCUT2D eigenvalue weighted by atomic mass is 9.83. The van der Waals surface area contributed by atoms with Gasteiger partial charge in [0.15, 0.2) is 5.76 Å². The molecule has 6 heteroatoms. The Balaban J connectivity index is 1.32. The number of pyridine rings is 1. The van der Waals surface area contributed by atoms with E-state index in [1.165, 1.54) is 0 Å². The van der Waals surface area contributed by atoms with Crippen molar-refractivity contribution in [1.82, 2.24) is 9.47 Å². The minimum atomic E-state index is -0.147. The van der Waals surface area contributed by atoms with Gasteiger partial charge < -0.3 is 14.4 Å². The van der Waals surface area contributed by atoms with Gasteiger partial charge in [-0.2, -0.15) is 0 Å². The highest BCUT2D eigenvalue weighted by molar-refractivity contribution is 6.16. The van der Waals surface area contributed by atoms with Gasteiger partial charge in [-0.1, -0.05) is 30.3 Å². The number of benzene rings is 2. The second kappa shape index (κ2) is 8.24. The standard InChI is InChI=1S/C29H28N2O4/c1-17-6-3-4-7-20(17)12-25-28(34)27-18(2)10-24(32)22(29(27)35-25)16-30-13-19-11-21(15-30)23-8-5-9-26(33)31(23)14-19/h3-10,12,19,21,32H,11,13-16H2,1-2H3/b25-12-/t19-,21+/m1/s1. The van der Waals surface area contributed by atoms with Crippen LogP contribution in [0.1, 0.15) is 50.6 Å². The first-order valence-electron chi connectivity index (χ1n) is 12.2. The number of likely N-dealkylation sites (tertiary alicyclic amines) is 1. The summed E-state index contributed by atoms with van der Waals surface area (Å²) in [5.74, 6) is 1.41. The van der Waals surface area contributed by atoms with Crippen molar-refractivity contribution in [3.05, 3.63) is 98.2 Å². The molecule has 0 spiro atoms. The highest BCUT2D eigenvalue weighted by Gasteiger charge is 2.37. The predicted octanol–water partition coefficient (Wildman–Crippen LogP) is 4.41. The van der Waals surface area contributed by atoms with Crippen LogP contribution < -0.4 is 10.3 Å². The molecule has 0 saturated carbocycles. The number of rotatable bonds is 3. The third kappa shape index (κ3) is 3.69. The molecule has 0 aliphatic carbocycles. The maximum Gasteiger partial charge on any atom is 0.250 e. The van der Waals surface area contributed by atoms with Crippen LogP contribution in [0.3, 0.4) is 0 Å². The van der Waals surface area contributed by atoms with Crippen LogP contribution in [0.5, 0.6) is 11.5 Å². The summed E-state index contributed by atoms with van der Waals surface area (Å²) in [5.41, 5.74) is 5.05. The van der Waals surface area contributed by atoms with E-state index < -0.39 is 0 Å². The number of aromatic nitrogens is 1. The van der Waals surface area contributed by atoms with Crippen molar-refractivity contribution in [3.63, 3.8) is 0 Å². The van der Waals surface area contributed by atoms with Crippen LogP contribution >= 0.6 is 0 Å². The van der Waals surface area contributed by atoms with Gasteiger partial charge >= 0.3 is 0 Å². The number of fused-ring (bicyclic) bond motifs is 5. The number of carbonyl (C=O) groups is 1. The summed E-state index contributed by atoms with van der Waals surface area (Å²) < 4.78 is 8.08. The number of aromatic hydroxyl groups is 1. The summed E-state index contributed by atoms with van der Waals surface area (Å²) in [6.07, 6.45) is 2.86. The van der Waals surface area contributed by atoms with Gasteiger partial charge in [-0.3, -0.25) is 14.5 Å². The minimum Gasteiger partial charge on any atom is -0.507 e. The zero-order chi connectivity index (χ0) is 24.3. The maximum absolute atomic E-state index is 13.3. The number of piperidine rings is 1. The molecule has 1 saturated heterocycles. The highest BCUT2D eigenvalue weighted by Crippen LogP contribution is 2.44. The Morgan fingerprint density at radius 3 is 2.69 bits per heavy atom. The summed E-state index contributed by atoms with van der Waals surface area (Å²) in [5, 5.41) is 10.9. The molecule has 2 aromatic carbocycles. The average Bonchev–Trinajstić information content (AvgIpc) is 3.15. The molecule has 2 atom stereocenters. The van der Waals surface area contributed by atoms with E-state index >= 15 is 0 Å². The zero-order valence-corrected chi connectivity index (χ0v) is 20.0.